The van der Waals surface area contributed by atoms with Crippen LogP contribution in [0.2, 0.25) is 0 Å². The van der Waals surface area contributed by atoms with Crippen LogP contribution in [0, 0.1) is 0 Å². The van der Waals surface area contributed by atoms with Crippen molar-refractivity contribution in [2.45, 2.75) is 52.6 Å². The molecular formula is C17H25N5O4. The van der Waals surface area contributed by atoms with Crippen LogP contribution in [0.5, 0.6) is 0 Å². The molecule has 4 unspecified atom stereocenters. The number of rotatable bonds is 7. The first kappa shape index (κ1) is 20.0. The Labute approximate surface area is 152 Å². The van der Waals surface area contributed by atoms with Crippen LogP contribution in [0.4, 0.5) is 11.9 Å². The van der Waals surface area contributed by atoms with Crippen LogP contribution in [-0.2, 0) is 0 Å². The van der Waals surface area contributed by atoms with Gasteiger partial charge in [0, 0.05) is 5.56 Å². The lowest BCUT2D eigenvalue weighted by atomic mass is 10.2. The number of hydrogen-bond donors (Lipinski definition) is 4. The Balaban J connectivity index is 2.66. The maximum Gasteiger partial charge on any atom is 0.234 e. The topological polar surface area (TPSA) is 126 Å². The number of anilines is 2. The van der Waals surface area contributed by atoms with E-state index in [0.29, 0.717) is 5.56 Å². The molecule has 0 amide bonds. The van der Waals surface area contributed by atoms with E-state index in [-0.39, 0.29) is 17.7 Å². The predicted octanol–water partition coefficient (Wildman–Crippen LogP) is 0.505. The Hall–Kier alpha value is -2.33. The van der Waals surface area contributed by atoms with Crippen molar-refractivity contribution >= 4 is 11.9 Å². The molecule has 0 spiro atoms. The van der Waals surface area contributed by atoms with Crippen molar-refractivity contribution in [3.8, 4) is 11.4 Å². The molecule has 0 saturated heterocycles. The number of aliphatic hydroxyl groups is 4. The maximum atomic E-state index is 10.00. The molecule has 1 aromatic carbocycles. The average molecular weight is 363 g/mol. The van der Waals surface area contributed by atoms with Crippen molar-refractivity contribution in [1.29, 1.82) is 0 Å². The van der Waals surface area contributed by atoms with Gasteiger partial charge in [-0.1, -0.05) is 30.3 Å². The third-order valence-electron chi connectivity index (χ3n) is 3.72. The lowest BCUT2D eigenvalue weighted by Crippen LogP contribution is -2.44. The fraction of sp³-hybridized carbons (Fsp3) is 0.471. The smallest absolute Gasteiger partial charge is 0.234 e. The molecule has 0 saturated carbocycles. The molecule has 0 bridgehead atoms. The van der Waals surface area contributed by atoms with E-state index in [1.54, 1.807) is 12.1 Å². The van der Waals surface area contributed by atoms with E-state index in [0.717, 1.165) is 0 Å². The molecule has 0 aliphatic rings. The first-order valence-corrected chi connectivity index (χ1v) is 8.32. The van der Waals surface area contributed by atoms with E-state index in [1.165, 1.54) is 37.5 Å². The molecule has 26 heavy (non-hydrogen) atoms. The first-order chi connectivity index (χ1) is 12.2. The summed E-state index contributed by atoms with van der Waals surface area (Å²) in [6.45, 7) is 5.89. The molecule has 0 aliphatic heterocycles. The molecule has 1 aromatic heterocycles. The molecular weight excluding hydrogens is 338 g/mol. The number of hydrogen-bond acceptors (Lipinski definition) is 9. The third-order valence-corrected chi connectivity index (χ3v) is 3.72. The van der Waals surface area contributed by atoms with Gasteiger partial charge >= 0.3 is 0 Å². The summed E-state index contributed by atoms with van der Waals surface area (Å²) >= 11 is 0. The van der Waals surface area contributed by atoms with Crippen LogP contribution in [0.1, 0.15) is 27.7 Å². The molecule has 0 fully saturated rings. The van der Waals surface area contributed by atoms with Crippen LogP contribution in [0.15, 0.2) is 30.3 Å². The van der Waals surface area contributed by atoms with Crippen molar-refractivity contribution in [1.82, 2.24) is 15.0 Å². The summed E-state index contributed by atoms with van der Waals surface area (Å²) in [5.74, 6) is 0.318. The third kappa shape index (κ3) is 4.44. The Morgan fingerprint density at radius 3 is 1.38 bits per heavy atom. The van der Waals surface area contributed by atoms with Gasteiger partial charge in [-0.05, 0) is 27.7 Å². The van der Waals surface area contributed by atoms with Crippen LogP contribution in [0.25, 0.3) is 11.4 Å². The highest BCUT2D eigenvalue weighted by molar-refractivity contribution is 5.58. The summed E-state index contributed by atoms with van der Waals surface area (Å²) in [6, 6.07) is 9.09. The molecule has 2 aromatic rings. The van der Waals surface area contributed by atoms with Gasteiger partial charge in [0.05, 0.1) is 0 Å². The molecule has 0 radical (unpaired) electrons. The summed E-state index contributed by atoms with van der Waals surface area (Å²) in [7, 11) is 0. The van der Waals surface area contributed by atoms with Crippen LogP contribution in [-0.4, -0.2) is 60.3 Å². The molecule has 0 aliphatic carbocycles. The Morgan fingerprint density at radius 2 is 1.04 bits per heavy atom. The van der Waals surface area contributed by atoms with Gasteiger partial charge in [-0.3, -0.25) is 9.80 Å². The number of nitrogens with zero attached hydrogens (tertiary/aromatic N) is 5. The Morgan fingerprint density at radius 1 is 0.654 bits per heavy atom. The molecule has 4 N–H and O–H groups in total. The van der Waals surface area contributed by atoms with Gasteiger partial charge in [0.2, 0.25) is 11.9 Å². The Bertz CT molecular complexity index is 655. The van der Waals surface area contributed by atoms with Gasteiger partial charge in [-0.25, -0.2) is 0 Å². The summed E-state index contributed by atoms with van der Waals surface area (Å²) in [5, 5.41) is 40.0. The molecule has 9 heteroatoms. The van der Waals surface area contributed by atoms with E-state index in [9.17, 15) is 20.4 Å². The monoisotopic (exact) mass is 363 g/mol. The van der Waals surface area contributed by atoms with Crippen molar-refractivity contribution in [3.05, 3.63) is 30.3 Å². The maximum absolute atomic E-state index is 10.00. The molecule has 4 atom stereocenters. The fourth-order valence-electron chi connectivity index (χ4n) is 2.59. The van der Waals surface area contributed by atoms with Gasteiger partial charge in [0.25, 0.3) is 0 Å². The summed E-state index contributed by atoms with van der Waals surface area (Å²) < 4.78 is 0. The normalized spacial score (nSPS) is 15.8. The van der Waals surface area contributed by atoms with Crippen molar-refractivity contribution in [3.63, 3.8) is 0 Å². The fourth-order valence-corrected chi connectivity index (χ4v) is 2.59. The minimum Gasteiger partial charge on any atom is -0.374 e. The SMILES string of the molecule is CC(O)N(c1nc(-c2ccccc2)nc(N(C(C)O)C(C)O)n1)C(C)O. The lowest BCUT2D eigenvalue weighted by Gasteiger charge is -2.31. The van der Waals surface area contributed by atoms with E-state index in [2.05, 4.69) is 15.0 Å². The summed E-state index contributed by atoms with van der Waals surface area (Å²) in [4.78, 5) is 15.3. The van der Waals surface area contributed by atoms with Gasteiger partial charge in [-0.2, -0.15) is 15.0 Å². The number of aliphatic hydroxyl groups excluding tert-OH is 4. The molecule has 142 valence electrons. The highest BCUT2D eigenvalue weighted by Gasteiger charge is 2.26. The summed E-state index contributed by atoms with van der Waals surface area (Å²) in [6.07, 6.45) is -4.28. The van der Waals surface area contributed by atoms with Crippen LogP contribution < -0.4 is 9.80 Å². The molecule has 2 rings (SSSR count). The van der Waals surface area contributed by atoms with Gasteiger partial charge < -0.3 is 20.4 Å². The summed E-state index contributed by atoms with van der Waals surface area (Å²) in [5.41, 5.74) is 0.685. The average Bonchev–Trinajstić information content (AvgIpc) is 2.54. The zero-order valence-corrected chi connectivity index (χ0v) is 15.2. The lowest BCUT2D eigenvalue weighted by molar-refractivity contribution is 0.100. The van der Waals surface area contributed by atoms with E-state index >= 15 is 0 Å². The van der Waals surface area contributed by atoms with E-state index in [4.69, 9.17) is 0 Å². The number of aromatic nitrogens is 3. The zero-order chi connectivity index (χ0) is 19.4. The van der Waals surface area contributed by atoms with E-state index < -0.39 is 24.9 Å². The van der Waals surface area contributed by atoms with Crippen molar-refractivity contribution < 1.29 is 20.4 Å². The van der Waals surface area contributed by atoms with Crippen LogP contribution in [0.3, 0.4) is 0 Å². The van der Waals surface area contributed by atoms with Gasteiger partial charge in [0.1, 0.15) is 24.9 Å². The second-order valence-electron chi connectivity index (χ2n) is 5.97. The molecule has 9 nitrogen and oxygen atoms in total. The second kappa shape index (κ2) is 8.37. The largest absolute Gasteiger partial charge is 0.374 e. The van der Waals surface area contributed by atoms with Crippen molar-refractivity contribution in [2.24, 2.45) is 0 Å². The van der Waals surface area contributed by atoms with Crippen LogP contribution >= 0.6 is 0 Å². The van der Waals surface area contributed by atoms with Gasteiger partial charge in [0.15, 0.2) is 5.82 Å². The first-order valence-electron chi connectivity index (χ1n) is 8.32. The van der Waals surface area contributed by atoms with E-state index in [1.807, 2.05) is 18.2 Å². The number of benzene rings is 1. The minimum atomic E-state index is -1.07. The second-order valence-corrected chi connectivity index (χ2v) is 5.97. The Kier molecular flexibility index (Phi) is 6.43. The zero-order valence-electron chi connectivity index (χ0n) is 15.2. The predicted molar refractivity (Wildman–Crippen MR) is 96.9 cm³/mol. The van der Waals surface area contributed by atoms with Crippen molar-refractivity contribution in [2.75, 3.05) is 9.80 Å². The van der Waals surface area contributed by atoms with Gasteiger partial charge in [-0.15, -0.1) is 0 Å². The minimum absolute atomic E-state index is 0.0187. The highest BCUT2D eigenvalue weighted by atomic mass is 16.3. The quantitative estimate of drug-likeness (QED) is 0.520. The standard InChI is InChI=1S/C17H25N5O4/c1-10(23)21(11(2)24)16-18-15(14-8-6-5-7-9-14)19-17(20-16)22(12(3)25)13(4)26/h5-13,23-26H,1-4H3. The highest BCUT2D eigenvalue weighted by Crippen LogP contribution is 2.24. The molecule has 1 heterocycles.